The Morgan fingerprint density at radius 1 is 1.10 bits per heavy atom. The van der Waals surface area contributed by atoms with Gasteiger partial charge >= 0.3 is 0 Å². The number of aromatic amines is 1. The number of fused-ring (bicyclic) bond motifs is 1. The van der Waals surface area contributed by atoms with Gasteiger partial charge in [0.1, 0.15) is 23.0 Å². The molecule has 1 atom stereocenters. The SMILES string of the molecule is CC(C)CC1C(OCc2ccccc2)=NC(c2c[nH]c3ccccc23)=C(Br)N1C. The molecule has 0 saturated carbocycles. The summed E-state index contributed by atoms with van der Waals surface area (Å²) >= 11 is 3.81. The molecule has 0 fully saturated rings. The van der Waals surface area contributed by atoms with E-state index >= 15 is 0 Å². The number of hydrogen-bond donors (Lipinski definition) is 1. The first kappa shape index (κ1) is 19.8. The van der Waals surface area contributed by atoms with Crippen molar-refractivity contribution in [1.29, 1.82) is 0 Å². The fourth-order valence-electron chi connectivity index (χ4n) is 3.70. The molecule has 0 amide bonds. The standard InChI is InChI=1S/C24H26BrN3O/c1-16(2)13-21-24(29-15-17-9-5-4-6-10-17)27-22(23(25)28(21)3)19-14-26-20-12-8-7-11-18(19)20/h4-12,14,16,21,26H,13,15H2,1-3H3. The lowest BCUT2D eigenvalue weighted by Crippen LogP contribution is -2.41. The predicted molar refractivity (Wildman–Crippen MR) is 124 cm³/mol. The molecule has 150 valence electrons. The smallest absolute Gasteiger partial charge is 0.212 e. The second kappa shape index (κ2) is 8.46. The fraction of sp³-hybridized carbons (Fsp3) is 0.292. The zero-order valence-corrected chi connectivity index (χ0v) is 18.6. The molecule has 0 radical (unpaired) electrons. The molecule has 0 bridgehead atoms. The van der Waals surface area contributed by atoms with E-state index in [1.807, 2.05) is 30.5 Å². The number of hydrogen-bond acceptors (Lipinski definition) is 3. The Hall–Kier alpha value is -2.53. The van der Waals surface area contributed by atoms with Crippen molar-refractivity contribution in [2.24, 2.45) is 10.9 Å². The fourth-order valence-corrected chi connectivity index (χ4v) is 4.25. The van der Waals surface area contributed by atoms with Crippen LogP contribution in [0, 0.1) is 5.92 Å². The van der Waals surface area contributed by atoms with Crippen molar-refractivity contribution in [3.63, 3.8) is 0 Å². The number of nitrogens with one attached hydrogen (secondary N) is 1. The maximum absolute atomic E-state index is 6.28. The summed E-state index contributed by atoms with van der Waals surface area (Å²) < 4.78 is 7.27. The third-order valence-electron chi connectivity index (χ3n) is 5.25. The Labute approximate surface area is 180 Å². The van der Waals surface area contributed by atoms with Crippen molar-refractivity contribution in [2.75, 3.05) is 7.05 Å². The van der Waals surface area contributed by atoms with E-state index in [1.54, 1.807) is 0 Å². The zero-order valence-electron chi connectivity index (χ0n) is 17.0. The maximum atomic E-state index is 6.28. The first-order chi connectivity index (χ1) is 14.0. The molecule has 2 aromatic carbocycles. The number of rotatable bonds is 5. The number of aliphatic imine (C=N–C) groups is 1. The number of benzene rings is 2. The second-order valence-electron chi connectivity index (χ2n) is 7.87. The van der Waals surface area contributed by atoms with E-state index in [0.717, 1.165) is 44.7 Å². The minimum atomic E-state index is 0.0991. The molecule has 0 aliphatic carbocycles. The van der Waals surface area contributed by atoms with Crippen molar-refractivity contribution >= 4 is 38.4 Å². The van der Waals surface area contributed by atoms with Crippen LogP contribution in [0.5, 0.6) is 0 Å². The van der Waals surface area contributed by atoms with Crippen LogP contribution in [-0.4, -0.2) is 28.9 Å². The Kier molecular flexibility index (Phi) is 5.76. The molecule has 4 rings (SSSR count). The van der Waals surface area contributed by atoms with Gasteiger partial charge < -0.3 is 14.6 Å². The molecule has 1 aliphatic heterocycles. The number of H-pyrrole nitrogens is 1. The molecule has 0 spiro atoms. The van der Waals surface area contributed by atoms with E-state index in [9.17, 15) is 0 Å². The number of para-hydroxylation sites is 1. The number of nitrogens with zero attached hydrogens (tertiary/aromatic N) is 2. The van der Waals surface area contributed by atoms with Crippen LogP contribution in [0.25, 0.3) is 16.6 Å². The summed E-state index contributed by atoms with van der Waals surface area (Å²) in [6.07, 6.45) is 3.00. The normalized spacial score (nSPS) is 17.2. The molecular weight excluding hydrogens is 426 g/mol. The predicted octanol–water partition coefficient (Wildman–Crippen LogP) is 6.16. The molecule has 2 heterocycles. The molecule has 1 unspecified atom stereocenters. The molecule has 1 aliphatic rings. The monoisotopic (exact) mass is 451 g/mol. The highest BCUT2D eigenvalue weighted by molar-refractivity contribution is 9.11. The topological polar surface area (TPSA) is 40.6 Å². The molecule has 5 heteroatoms. The van der Waals surface area contributed by atoms with Gasteiger partial charge in [0, 0.05) is 29.7 Å². The summed E-state index contributed by atoms with van der Waals surface area (Å²) in [5.41, 5.74) is 4.21. The van der Waals surface area contributed by atoms with Gasteiger partial charge in [0.25, 0.3) is 0 Å². The van der Waals surface area contributed by atoms with E-state index in [-0.39, 0.29) is 6.04 Å². The summed E-state index contributed by atoms with van der Waals surface area (Å²) in [6.45, 7) is 4.98. The highest BCUT2D eigenvalue weighted by atomic mass is 79.9. The lowest BCUT2D eigenvalue weighted by atomic mass is 10.0. The van der Waals surface area contributed by atoms with Crippen molar-refractivity contribution in [3.8, 4) is 0 Å². The van der Waals surface area contributed by atoms with Crippen LogP contribution in [-0.2, 0) is 11.3 Å². The summed E-state index contributed by atoms with van der Waals surface area (Å²) in [5, 5.41) is 1.15. The van der Waals surface area contributed by atoms with E-state index in [4.69, 9.17) is 9.73 Å². The summed E-state index contributed by atoms with van der Waals surface area (Å²) in [6, 6.07) is 18.6. The third-order valence-corrected chi connectivity index (χ3v) is 6.18. The highest BCUT2D eigenvalue weighted by Crippen LogP contribution is 2.37. The van der Waals surface area contributed by atoms with Crippen LogP contribution < -0.4 is 0 Å². The molecule has 29 heavy (non-hydrogen) atoms. The minimum Gasteiger partial charge on any atom is -0.474 e. The largest absolute Gasteiger partial charge is 0.474 e. The summed E-state index contributed by atoms with van der Waals surface area (Å²) in [4.78, 5) is 10.6. The zero-order chi connectivity index (χ0) is 20.4. The van der Waals surface area contributed by atoms with E-state index in [0.29, 0.717) is 12.5 Å². The van der Waals surface area contributed by atoms with Crippen molar-refractivity contribution in [1.82, 2.24) is 9.88 Å². The average Bonchev–Trinajstić information content (AvgIpc) is 3.15. The van der Waals surface area contributed by atoms with Crippen LogP contribution in [0.15, 0.2) is 70.4 Å². The van der Waals surface area contributed by atoms with Gasteiger partial charge in [-0.1, -0.05) is 62.4 Å². The van der Waals surface area contributed by atoms with Crippen molar-refractivity contribution in [2.45, 2.75) is 32.9 Å². The van der Waals surface area contributed by atoms with Gasteiger partial charge in [-0.15, -0.1) is 0 Å². The molecule has 1 N–H and O–H groups in total. The number of halogens is 1. The van der Waals surface area contributed by atoms with Crippen molar-refractivity contribution < 1.29 is 4.74 Å². The lowest BCUT2D eigenvalue weighted by Gasteiger charge is -2.35. The third kappa shape index (κ3) is 4.10. The van der Waals surface area contributed by atoms with Gasteiger partial charge in [-0.05, 0) is 39.9 Å². The van der Waals surface area contributed by atoms with Gasteiger partial charge in [-0.25, -0.2) is 4.99 Å². The molecular formula is C24H26BrN3O. The molecule has 1 aromatic heterocycles. The van der Waals surface area contributed by atoms with Gasteiger partial charge in [-0.3, -0.25) is 0 Å². The summed E-state index contributed by atoms with van der Waals surface area (Å²) in [7, 11) is 2.10. The number of ether oxygens (including phenoxy) is 1. The van der Waals surface area contributed by atoms with E-state index in [1.165, 1.54) is 0 Å². The van der Waals surface area contributed by atoms with Crippen LogP contribution in [0.1, 0.15) is 31.4 Å². The van der Waals surface area contributed by atoms with E-state index in [2.05, 4.69) is 77.0 Å². The highest BCUT2D eigenvalue weighted by Gasteiger charge is 2.32. The van der Waals surface area contributed by atoms with Gasteiger partial charge in [0.05, 0.1) is 0 Å². The van der Waals surface area contributed by atoms with Gasteiger partial charge in [-0.2, -0.15) is 0 Å². The van der Waals surface area contributed by atoms with Crippen LogP contribution in [0.2, 0.25) is 0 Å². The van der Waals surface area contributed by atoms with E-state index < -0.39 is 0 Å². The van der Waals surface area contributed by atoms with Gasteiger partial charge in [0.15, 0.2) is 0 Å². The quantitative estimate of drug-likeness (QED) is 0.471. The minimum absolute atomic E-state index is 0.0991. The Morgan fingerprint density at radius 2 is 1.83 bits per heavy atom. The number of likely N-dealkylation sites (N-methyl/N-ethyl adjacent to an activating group) is 1. The number of aromatic nitrogens is 1. The van der Waals surface area contributed by atoms with Gasteiger partial charge in [0.2, 0.25) is 5.90 Å². The molecule has 0 saturated heterocycles. The van der Waals surface area contributed by atoms with Crippen LogP contribution in [0.3, 0.4) is 0 Å². The van der Waals surface area contributed by atoms with Crippen molar-refractivity contribution in [3.05, 3.63) is 76.5 Å². The first-order valence-corrected chi connectivity index (χ1v) is 10.8. The summed E-state index contributed by atoms with van der Waals surface area (Å²) in [5.74, 6) is 1.30. The van der Waals surface area contributed by atoms with Crippen LogP contribution in [0.4, 0.5) is 0 Å². The maximum Gasteiger partial charge on any atom is 0.212 e. The molecule has 3 aromatic rings. The Balaban J connectivity index is 1.72. The average molecular weight is 452 g/mol. The Morgan fingerprint density at radius 3 is 2.59 bits per heavy atom. The Bertz CT molecular complexity index is 1050. The first-order valence-electron chi connectivity index (χ1n) is 9.99. The second-order valence-corrected chi connectivity index (χ2v) is 8.62. The van der Waals surface area contributed by atoms with Crippen LogP contribution >= 0.6 is 15.9 Å². The lowest BCUT2D eigenvalue weighted by molar-refractivity contribution is 0.230. The molecule has 4 nitrogen and oxygen atoms in total.